The minimum absolute atomic E-state index is 0.870. The molecule has 8 rings (SSSR count). The maximum absolute atomic E-state index is 13.4. The summed E-state index contributed by atoms with van der Waals surface area (Å²) in [5.74, 6) is 0. The Kier molecular flexibility index (Phi) is 5.36. The monoisotopic (exact) mass is 594 g/mol. The fraction of sp³-hybridized carbons (Fsp3) is 0.0270. The van der Waals surface area contributed by atoms with E-state index >= 15 is 0 Å². The molecule has 7 aromatic rings. The second-order valence-corrected chi connectivity index (χ2v) is 12.3. The van der Waals surface area contributed by atoms with Gasteiger partial charge in [0.05, 0.1) is 0 Å². The normalized spacial score (nSPS) is 15.8. The molecular formula is C37H23BrOS. The lowest BCUT2D eigenvalue weighted by molar-refractivity contribution is 0.128. The Balaban J connectivity index is 1.52. The van der Waals surface area contributed by atoms with E-state index in [-0.39, 0.29) is 0 Å². The zero-order chi connectivity index (χ0) is 26.8. The second-order valence-electron chi connectivity index (χ2n) is 10.3. The first kappa shape index (κ1) is 23.8. The summed E-state index contributed by atoms with van der Waals surface area (Å²) in [5, 5.41) is 15.9. The van der Waals surface area contributed by atoms with Crippen LogP contribution in [0.1, 0.15) is 16.7 Å². The van der Waals surface area contributed by atoms with Crippen LogP contribution in [0, 0.1) is 0 Å². The van der Waals surface area contributed by atoms with Crippen LogP contribution in [0.2, 0.25) is 0 Å². The third-order valence-electron chi connectivity index (χ3n) is 8.21. The maximum atomic E-state index is 13.4. The minimum atomic E-state index is -1.40. The van der Waals surface area contributed by atoms with Crippen LogP contribution >= 0.6 is 27.3 Å². The van der Waals surface area contributed by atoms with E-state index in [1.54, 1.807) is 0 Å². The van der Waals surface area contributed by atoms with Crippen molar-refractivity contribution in [1.29, 1.82) is 0 Å². The number of hydrogen-bond acceptors (Lipinski definition) is 2. The quantitative estimate of drug-likeness (QED) is 0.211. The second kappa shape index (κ2) is 9.00. The summed E-state index contributed by atoms with van der Waals surface area (Å²) in [5.41, 5.74) is 7.71. The standard InChI is InChI=1S/C37H23BrOS/c38-23-20-21-28-25-11-2-1-10-24(25)26-12-3-6-16-31(26)37(39,33(28)22-23)32-17-7-4-13-27(32)29-15-9-19-35-36(29)30-14-5-8-18-34(30)40-35/h1-22,39H. The van der Waals surface area contributed by atoms with E-state index in [4.69, 9.17) is 0 Å². The highest BCUT2D eigenvalue weighted by Crippen LogP contribution is 2.53. The van der Waals surface area contributed by atoms with Crippen LogP contribution in [0.5, 0.6) is 0 Å². The van der Waals surface area contributed by atoms with Gasteiger partial charge in [0.1, 0.15) is 5.60 Å². The van der Waals surface area contributed by atoms with Crippen molar-refractivity contribution >= 4 is 47.4 Å². The van der Waals surface area contributed by atoms with Crippen molar-refractivity contribution in [2.75, 3.05) is 0 Å². The number of halogens is 1. The summed E-state index contributed by atoms with van der Waals surface area (Å²) in [7, 11) is 0. The number of fused-ring (bicyclic) bond motifs is 8. The molecule has 1 aromatic heterocycles. The Labute approximate surface area is 245 Å². The molecule has 0 saturated heterocycles. The SMILES string of the molecule is OC1(c2ccccc2-c2cccc3sc4ccccc4c23)c2ccccc2-c2ccccc2-c2ccc(Br)cc21. The number of thiophene rings is 1. The van der Waals surface area contributed by atoms with Gasteiger partial charge >= 0.3 is 0 Å². The van der Waals surface area contributed by atoms with Crippen molar-refractivity contribution in [3.63, 3.8) is 0 Å². The van der Waals surface area contributed by atoms with Gasteiger partial charge in [0.2, 0.25) is 0 Å². The number of aliphatic hydroxyl groups is 1. The van der Waals surface area contributed by atoms with E-state index in [9.17, 15) is 5.11 Å². The Morgan fingerprint density at radius 2 is 1.00 bits per heavy atom. The molecule has 1 unspecified atom stereocenters. The molecule has 0 bridgehead atoms. The van der Waals surface area contributed by atoms with Gasteiger partial charge in [-0.3, -0.25) is 0 Å². The first-order valence-corrected chi connectivity index (χ1v) is 15.0. The Hall–Kier alpha value is -4.02. The summed E-state index contributed by atoms with van der Waals surface area (Å²) < 4.78 is 3.45. The summed E-state index contributed by atoms with van der Waals surface area (Å²) in [6, 6.07) is 46.6. The number of benzene rings is 6. The van der Waals surface area contributed by atoms with Crippen LogP contribution in [0.25, 0.3) is 53.6 Å². The highest BCUT2D eigenvalue weighted by molar-refractivity contribution is 9.10. The van der Waals surface area contributed by atoms with Crippen molar-refractivity contribution < 1.29 is 5.11 Å². The molecule has 0 amide bonds. The van der Waals surface area contributed by atoms with Gasteiger partial charge in [-0.25, -0.2) is 0 Å². The van der Waals surface area contributed by atoms with Crippen molar-refractivity contribution in [1.82, 2.24) is 0 Å². The van der Waals surface area contributed by atoms with E-state index in [2.05, 4.69) is 137 Å². The van der Waals surface area contributed by atoms with Crippen LogP contribution in [0.15, 0.2) is 138 Å². The Morgan fingerprint density at radius 1 is 0.475 bits per heavy atom. The molecule has 1 N–H and O–H groups in total. The van der Waals surface area contributed by atoms with E-state index in [0.29, 0.717) is 0 Å². The van der Waals surface area contributed by atoms with Crippen LogP contribution in [0.3, 0.4) is 0 Å². The van der Waals surface area contributed by atoms with E-state index in [1.807, 2.05) is 23.5 Å². The fourth-order valence-electron chi connectivity index (χ4n) is 6.50. The molecule has 0 saturated carbocycles. The zero-order valence-electron chi connectivity index (χ0n) is 21.4. The van der Waals surface area contributed by atoms with Crippen molar-refractivity contribution in [3.8, 4) is 33.4 Å². The summed E-state index contributed by atoms with van der Waals surface area (Å²) in [6.07, 6.45) is 0. The molecule has 0 spiro atoms. The summed E-state index contributed by atoms with van der Waals surface area (Å²) in [4.78, 5) is 0. The average molecular weight is 596 g/mol. The Bertz CT molecular complexity index is 2110. The van der Waals surface area contributed by atoms with Gasteiger partial charge in [-0.15, -0.1) is 11.3 Å². The van der Waals surface area contributed by atoms with Crippen molar-refractivity contribution in [3.05, 3.63) is 155 Å². The van der Waals surface area contributed by atoms with E-state index in [1.165, 1.54) is 20.2 Å². The van der Waals surface area contributed by atoms with Crippen molar-refractivity contribution in [2.24, 2.45) is 0 Å². The molecule has 3 heteroatoms. The van der Waals surface area contributed by atoms with Gasteiger partial charge in [0.15, 0.2) is 0 Å². The molecule has 1 heterocycles. The topological polar surface area (TPSA) is 20.2 Å². The number of hydrogen-bond donors (Lipinski definition) is 1. The van der Waals surface area contributed by atoms with Crippen molar-refractivity contribution in [2.45, 2.75) is 5.60 Å². The van der Waals surface area contributed by atoms with E-state index < -0.39 is 5.60 Å². The number of rotatable bonds is 2. The van der Waals surface area contributed by atoms with Gasteiger partial charge < -0.3 is 5.11 Å². The molecule has 1 atom stereocenters. The summed E-state index contributed by atoms with van der Waals surface area (Å²) in [6.45, 7) is 0. The molecule has 190 valence electrons. The minimum Gasteiger partial charge on any atom is -0.376 e. The highest BCUT2D eigenvalue weighted by atomic mass is 79.9. The highest BCUT2D eigenvalue weighted by Gasteiger charge is 2.42. The lowest BCUT2D eigenvalue weighted by atomic mass is 9.75. The third-order valence-corrected chi connectivity index (χ3v) is 9.83. The van der Waals surface area contributed by atoms with Crippen LogP contribution < -0.4 is 0 Å². The lowest BCUT2D eigenvalue weighted by Gasteiger charge is -2.34. The fourth-order valence-corrected chi connectivity index (χ4v) is 8.00. The first-order chi connectivity index (χ1) is 19.6. The largest absolute Gasteiger partial charge is 0.376 e. The first-order valence-electron chi connectivity index (χ1n) is 13.4. The zero-order valence-corrected chi connectivity index (χ0v) is 23.8. The van der Waals surface area contributed by atoms with Gasteiger partial charge in [-0.05, 0) is 57.6 Å². The maximum Gasteiger partial charge on any atom is 0.142 e. The third kappa shape index (κ3) is 3.35. The van der Waals surface area contributed by atoms with Gasteiger partial charge in [0.25, 0.3) is 0 Å². The molecule has 0 radical (unpaired) electrons. The van der Waals surface area contributed by atoms with Crippen LogP contribution in [0.4, 0.5) is 0 Å². The molecule has 0 aliphatic heterocycles. The molecule has 1 aliphatic rings. The predicted molar refractivity (Wildman–Crippen MR) is 172 cm³/mol. The van der Waals surface area contributed by atoms with E-state index in [0.717, 1.165) is 54.5 Å². The molecule has 1 nitrogen and oxygen atoms in total. The van der Waals surface area contributed by atoms with Crippen LogP contribution in [-0.4, -0.2) is 5.11 Å². The van der Waals surface area contributed by atoms with Gasteiger partial charge in [-0.1, -0.05) is 125 Å². The summed E-state index contributed by atoms with van der Waals surface area (Å²) >= 11 is 5.54. The Morgan fingerprint density at radius 3 is 1.73 bits per heavy atom. The molecular weight excluding hydrogens is 572 g/mol. The predicted octanol–water partition coefficient (Wildman–Crippen LogP) is 10.4. The molecule has 0 fully saturated rings. The lowest BCUT2D eigenvalue weighted by Crippen LogP contribution is -2.30. The molecule has 6 aromatic carbocycles. The smallest absolute Gasteiger partial charge is 0.142 e. The molecule has 40 heavy (non-hydrogen) atoms. The molecule has 1 aliphatic carbocycles. The van der Waals surface area contributed by atoms with Crippen LogP contribution in [-0.2, 0) is 5.60 Å². The average Bonchev–Trinajstić information content (AvgIpc) is 3.36. The van der Waals surface area contributed by atoms with Gasteiger partial charge in [0, 0.05) is 41.3 Å². The van der Waals surface area contributed by atoms with Gasteiger partial charge in [-0.2, -0.15) is 0 Å².